The molecule has 0 saturated carbocycles. The van der Waals surface area contributed by atoms with Crippen LogP contribution in [0.25, 0.3) is 0 Å². The lowest BCUT2D eigenvalue weighted by Gasteiger charge is -2.47. The molecule has 4 atom stereocenters. The fraction of sp³-hybridized carbons (Fsp3) is 0.389. The third-order valence-electron chi connectivity index (χ3n) is 4.05. The summed E-state index contributed by atoms with van der Waals surface area (Å²) in [6.07, 6.45) is 0. The summed E-state index contributed by atoms with van der Waals surface area (Å²) in [6.45, 7) is 4.16. The summed E-state index contributed by atoms with van der Waals surface area (Å²) in [5.74, 6) is -1.84. The van der Waals surface area contributed by atoms with Crippen molar-refractivity contribution in [2.75, 3.05) is 13.2 Å². The van der Waals surface area contributed by atoms with Crippen LogP contribution in [0.15, 0.2) is 42.5 Å². The van der Waals surface area contributed by atoms with Crippen molar-refractivity contribution in [2.24, 2.45) is 0 Å². The van der Waals surface area contributed by atoms with Gasteiger partial charge in [0.25, 0.3) is 11.8 Å². The number of esters is 1. The third-order valence-corrected chi connectivity index (χ3v) is 5.80. The summed E-state index contributed by atoms with van der Waals surface area (Å²) in [4.78, 5) is 38.3. The SMILES string of the molecule is C=C(C)C(C(=O)OCC(Cl)(Cl)Cl)N1C(=O)C(NC(=O)COc2ccccc2)C1[S+]([O-])Cl. The Labute approximate surface area is 201 Å². The highest BCUT2D eigenvalue weighted by Crippen LogP contribution is 2.33. The van der Waals surface area contributed by atoms with Gasteiger partial charge in [-0.2, -0.15) is 0 Å². The van der Waals surface area contributed by atoms with Crippen LogP contribution in [0.5, 0.6) is 5.75 Å². The summed E-state index contributed by atoms with van der Waals surface area (Å²) in [6, 6.07) is 5.99. The highest BCUT2D eigenvalue weighted by Gasteiger charge is 2.60. The molecule has 0 radical (unpaired) electrons. The maximum Gasteiger partial charge on any atom is 0.333 e. The van der Waals surface area contributed by atoms with Crippen molar-refractivity contribution in [1.82, 2.24) is 10.2 Å². The molecule has 1 aromatic carbocycles. The highest BCUT2D eigenvalue weighted by atomic mass is 35.7. The number of hydrogen-bond acceptors (Lipinski definition) is 6. The minimum absolute atomic E-state index is 0.201. The predicted octanol–water partition coefficient (Wildman–Crippen LogP) is 2.48. The predicted molar refractivity (Wildman–Crippen MR) is 118 cm³/mol. The maximum atomic E-state index is 12.7. The number of nitrogens with zero attached hydrogens (tertiary/aromatic N) is 1. The maximum absolute atomic E-state index is 12.7. The van der Waals surface area contributed by atoms with Crippen LogP contribution in [0.1, 0.15) is 6.92 Å². The molecule has 1 aliphatic rings. The number of carbonyl (C=O) groups is 3. The number of halogens is 4. The minimum atomic E-state index is -2.14. The van der Waals surface area contributed by atoms with Crippen molar-refractivity contribution in [3.8, 4) is 5.75 Å². The molecule has 0 spiro atoms. The molecular formula is C18H18Cl4N2O6S. The van der Waals surface area contributed by atoms with Crippen LogP contribution in [0.4, 0.5) is 0 Å². The smallest absolute Gasteiger partial charge is 0.333 e. The average Bonchev–Trinajstić information content (AvgIpc) is 2.68. The number of nitrogens with one attached hydrogen (secondary N) is 1. The summed E-state index contributed by atoms with van der Waals surface area (Å²) in [7, 11) is 3.60. The van der Waals surface area contributed by atoms with Gasteiger partial charge in [-0.15, -0.1) is 0 Å². The van der Waals surface area contributed by atoms with Crippen LogP contribution < -0.4 is 10.1 Å². The van der Waals surface area contributed by atoms with Crippen molar-refractivity contribution in [2.45, 2.75) is 28.2 Å². The molecule has 2 amide bonds. The first-order chi connectivity index (χ1) is 14.4. The van der Waals surface area contributed by atoms with E-state index in [1.54, 1.807) is 30.3 Å². The number of alkyl halides is 3. The third kappa shape index (κ3) is 7.06. The minimum Gasteiger partial charge on any atom is -0.597 e. The van der Waals surface area contributed by atoms with Gasteiger partial charge in [-0.25, -0.2) is 4.79 Å². The summed E-state index contributed by atoms with van der Waals surface area (Å²) in [5, 5.41) is 1.20. The number of amides is 2. The van der Waals surface area contributed by atoms with E-state index in [4.69, 9.17) is 55.0 Å². The molecule has 0 aliphatic carbocycles. The first-order valence-corrected chi connectivity index (χ1v) is 11.8. The van der Waals surface area contributed by atoms with Gasteiger partial charge < -0.3 is 19.3 Å². The molecule has 2 rings (SSSR count). The van der Waals surface area contributed by atoms with Crippen LogP contribution >= 0.6 is 45.5 Å². The quantitative estimate of drug-likeness (QED) is 0.172. The topological polar surface area (TPSA) is 108 Å². The van der Waals surface area contributed by atoms with Crippen LogP contribution in [-0.2, 0) is 29.5 Å². The van der Waals surface area contributed by atoms with Crippen molar-refractivity contribution in [1.29, 1.82) is 0 Å². The second-order valence-corrected chi connectivity index (χ2v) is 10.9. The van der Waals surface area contributed by atoms with E-state index in [1.807, 2.05) is 0 Å². The average molecular weight is 532 g/mol. The molecule has 13 heteroatoms. The number of β-lactam (4-membered cyclic amide) rings is 1. The monoisotopic (exact) mass is 530 g/mol. The van der Waals surface area contributed by atoms with Gasteiger partial charge in [0.1, 0.15) is 12.4 Å². The van der Waals surface area contributed by atoms with E-state index < -0.39 is 56.0 Å². The summed E-state index contributed by atoms with van der Waals surface area (Å²) >= 11 is 16.7. The Morgan fingerprint density at radius 3 is 2.45 bits per heavy atom. The van der Waals surface area contributed by atoms with E-state index in [1.165, 1.54) is 6.92 Å². The number of ether oxygens (including phenoxy) is 2. The molecule has 31 heavy (non-hydrogen) atoms. The summed E-state index contributed by atoms with van der Waals surface area (Å²) in [5.41, 5.74) is 0.201. The van der Waals surface area contributed by atoms with E-state index in [9.17, 15) is 18.9 Å². The van der Waals surface area contributed by atoms with E-state index >= 15 is 0 Å². The lowest BCUT2D eigenvalue weighted by molar-refractivity contribution is -0.163. The van der Waals surface area contributed by atoms with Crippen LogP contribution in [0.3, 0.4) is 0 Å². The van der Waals surface area contributed by atoms with Crippen molar-refractivity contribution >= 4 is 73.7 Å². The molecule has 170 valence electrons. The van der Waals surface area contributed by atoms with E-state index in [0.717, 1.165) is 4.90 Å². The number of hydrogen-bond donors (Lipinski definition) is 1. The van der Waals surface area contributed by atoms with Gasteiger partial charge in [-0.3, -0.25) is 14.5 Å². The zero-order chi connectivity index (χ0) is 23.3. The van der Waals surface area contributed by atoms with E-state index in [2.05, 4.69) is 11.9 Å². The lowest BCUT2D eigenvalue weighted by atomic mass is 9.99. The van der Waals surface area contributed by atoms with Crippen LogP contribution in [-0.4, -0.2) is 61.7 Å². The Kier molecular flexibility index (Phi) is 9.17. The van der Waals surface area contributed by atoms with Crippen molar-refractivity contribution < 1.29 is 28.4 Å². The Morgan fingerprint density at radius 1 is 1.32 bits per heavy atom. The first-order valence-electron chi connectivity index (χ1n) is 8.67. The normalized spacial score (nSPS) is 20.3. The first kappa shape index (κ1) is 25.9. The zero-order valence-corrected chi connectivity index (χ0v) is 19.9. The Bertz CT molecular complexity index is 836. The van der Waals surface area contributed by atoms with Gasteiger partial charge in [-0.05, 0) is 24.6 Å². The number of likely N-dealkylation sites (tertiary alicyclic amines) is 1. The van der Waals surface area contributed by atoms with Gasteiger partial charge in [0.15, 0.2) is 29.4 Å². The molecule has 8 nitrogen and oxygen atoms in total. The number of rotatable bonds is 9. The van der Waals surface area contributed by atoms with Gasteiger partial charge in [0, 0.05) is 0 Å². The second-order valence-electron chi connectivity index (χ2n) is 6.50. The largest absolute Gasteiger partial charge is 0.597 e. The van der Waals surface area contributed by atoms with Crippen LogP contribution in [0.2, 0.25) is 0 Å². The van der Waals surface area contributed by atoms with Gasteiger partial charge in [0.05, 0.1) is 10.4 Å². The molecule has 1 heterocycles. The zero-order valence-electron chi connectivity index (χ0n) is 16.1. The van der Waals surface area contributed by atoms with E-state index in [0.29, 0.717) is 5.75 Å². The van der Waals surface area contributed by atoms with Crippen LogP contribution in [0, 0.1) is 0 Å². The fourth-order valence-electron chi connectivity index (χ4n) is 2.75. The molecular weight excluding hydrogens is 514 g/mol. The molecule has 1 aromatic rings. The molecule has 1 aliphatic heterocycles. The Morgan fingerprint density at radius 2 is 1.94 bits per heavy atom. The molecule has 1 fully saturated rings. The number of carbonyl (C=O) groups excluding carboxylic acids is 3. The molecule has 1 saturated heterocycles. The summed E-state index contributed by atoms with van der Waals surface area (Å²) < 4.78 is 20.5. The van der Waals surface area contributed by atoms with Crippen molar-refractivity contribution in [3.05, 3.63) is 42.5 Å². The van der Waals surface area contributed by atoms with E-state index in [-0.39, 0.29) is 12.2 Å². The lowest BCUT2D eigenvalue weighted by Crippen LogP contribution is -2.76. The molecule has 0 aromatic heterocycles. The second kappa shape index (κ2) is 11.0. The fourth-order valence-corrected chi connectivity index (χ4v) is 4.29. The van der Waals surface area contributed by atoms with Gasteiger partial charge in [-0.1, -0.05) is 59.6 Å². The Balaban J connectivity index is 2.06. The molecule has 0 bridgehead atoms. The van der Waals surface area contributed by atoms with Gasteiger partial charge in [0.2, 0.25) is 9.17 Å². The number of para-hydroxylation sites is 1. The van der Waals surface area contributed by atoms with Crippen molar-refractivity contribution in [3.63, 3.8) is 0 Å². The standard InChI is InChI=1S/C18H18Cl4N2O6S/c1-10(2)14(17(27)30-9-18(19,20)21)24-15(26)13(16(24)31(22)28)23-12(25)8-29-11-6-4-3-5-7-11/h3-7,13-14,16H,1,8-9H2,2H3,(H,23,25). The number of benzene rings is 1. The molecule has 4 unspecified atom stereocenters. The molecule has 1 N–H and O–H groups in total. The highest BCUT2D eigenvalue weighted by molar-refractivity contribution is 8.14. The van der Waals surface area contributed by atoms with Gasteiger partial charge >= 0.3 is 5.97 Å². The Hall–Kier alpha value is -1.36.